The van der Waals surface area contributed by atoms with Gasteiger partial charge in [0.25, 0.3) is 0 Å². The summed E-state index contributed by atoms with van der Waals surface area (Å²) in [6, 6.07) is 6.36. The average molecular weight is 276 g/mol. The van der Waals surface area contributed by atoms with Crippen LogP contribution in [0.25, 0.3) is 0 Å². The van der Waals surface area contributed by atoms with Gasteiger partial charge in [-0.3, -0.25) is 4.90 Å². The zero-order valence-corrected chi connectivity index (χ0v) is 11.0. The fraction of sp³-hybridized carbons (Fsp3) is 0.429. The summed E-state index contributed by atoms with van der Waals surface area (Å²) in [6.45, 7) is 2.05. The van der Waals surface area contributed by atoms with Crippen molar-refractivity contribution < 1.29 is 19.4 Å². The molecule has 2 N–H and O–H groups in total. The maximum absolute atomic E-state index is 12.1. The molecule has 0 aliphatic carbocycles. The predicted molar refractivity (Wildman–Crippen MR) is 72.1 cm³/mol. The number of benzene rings is 1. The van der Waals surface area contributed by atoms with E-state index < -0.39 is 17.7 Å². The Bertz CT molecular complexity index is 552. The van der Waals surface area contributed by atoms with Gasteiger partial charge in [-0.1, -0.05) is 6.07 Å². The maximum Gasteiger partial charge on any atom is 0.415 e. The van der Waals surface area contributed by atoms with E-state index in [0.29, 0.717) is 18.8 Å². The van der Waals surface area contributed by atoms with Crippen LogP contribution < -0.4 is 10.2 Å². The highest BCUT2D eigenvalue weighted by atomic mass is 16.6. The molecule has 1 spiro atoms. The molecule has 0 aromatic heterocycles. The molecule has 1 aromatic carbocycles. The quantitative estimate of drug-likeness (QED) is 0.855. The Morgan fingerprint density at radius 3 is 3.00 bits per heavy atom. The Balaban J connectivity index is 1.85. The summed E-state index contributed by atoms with van der Waals surface area (Å²) in [5, 5.41) is 12.3. The number of nitrogens with one attached hydrogen (secondary N) is 1. The second-order valence-electron chi connectivity index (χ2n) is 5.27. The van der Waals surface area contributed by atoms with Crippen LogP contribution in [0.3, 0.4) is 0 Å². The Morgan fingerprint density at radius 1 is 1.45 bits per heavy atom. The molecule has 6 heteroatoms. The first-order valence-electron chi connectivity index (χ1n) is 6.64. The number of piperidine rings is 1. The van der Waals surface area contributed by atoms with Crippen molar-refractivity contribution in [3.05, 3.63) is 29.8 Å². The Morgan fingerprint density at radius 2 is 2.30 bits per heavy atom. The van der Waals surface area contributed by atoms with Crippen LogP contribution in [-0.4, -0.2) is 42.4 Å². The van der Waals surface area contributed by atoms with Gasteiger partial charge < -0.3 is 15.2 Å². The van der Waals surface area contributed by atoms with Crippen molar-refractivity contribution in [2.75, 3.05) is 24.5 Å². The number of aromatic carboxylic acids is 1. The van der Waals surface area contributed by atoms with Crippen LogP contribution in [0.4, 0.5) is 10.5 Å². The summed E-state index contributed by atoms with van der Waals surface area (Å²) in [5.41, 5.74) is 0.254. The molecule has 1 amide bonds. The summed E-state index contributed by atoms with van der Waals surface area (Å²) in [6.07, 6.45) is 1.40. The molecule has 2 saturated heterocycles. The fourth-order valence-electron chi connectivity index (χ4n) is 2.79. The van der Waals surface area contributed by atoms with Gasteiger partial charge in [0.1, 0.15) is 5.60 Å². The first-order chi connectivity index (χ1) is 9.60. The van der Waals surface area contributed by atoms with Gasteiger partial charge in [0.05, 0.1) is 12.1 Å². The van der Waals surface area contributed by atoms with Crippen molar-refractivity contribution in [3.63, 3.8) is 0 Å². The molecule has 2 aliphatic rings. The lowest BCUT2D eigenvalue weighted by atomic mass is 9.94. The van der Waals surface area contributed by atoms with E-state index in [4.69, 9.17) is 9.84 Å². The van der Waals surface area contributed by atoms with Gasteiger partial charge in [0.2, 0.25) is 0 Å². The topological polar surface area (TPSA) is 78.9 Å². The summed E-state index contributed by atoms with van der Waals surface area (Å²) >= 11 is 0. The lowest BCUT2D eigenvalue weighted by molar-refractivity contribution is 0.0366. The molecule has 3 rings (SSSR count). The van der Waals surface area contributed by atoms with Gasteiger partial charge in [0.15, 0.2) is 0 Å². The number of carboxylic acid groups (broad SMARTS) is 1. The summed E-state index contributed by atoms with van der Waals surface area (Å²) in [7, 11) is 0. The SMILES string of the molecule is O=C(O)c1cccc(N2CC3(CCCNC3)OC2=O)c1. The Hall–Kier alpha value is -2.08. The first kappa shape index (κ1) is 12.9. The van der Waals surface area contributed by atoms with E-state index in [2.05, 4.69) is 5.32 Å². The third-order valence-electron chi connectivity index (χ3n) is 3.81. The van der Waals surface area contributed by atoms with Crippen LogP contribution in [0.1, 0.15) is 23.2 Å². The third-order valence-corrected chi connectivity index (χ3v) is 3.81. The standard InChI is InChI=1S/C14H16N2O4/c17-12(18)10-3-1-4-11(7-10)16-9-14(20-13(16)19)5-2-6-15-8-14/h1,3-4,7,15H,2,5-6,8-9H2,(H,17,18). The smallest absolute Gasteiger partial charge is 0.415 e. The van der Waals surface area contributed by atoms with Gasteiger partial charge in [0, 0.05) is 12.2 Å². The lowest BCUT2D eigenvalue weighted by Gasteiger charge is -2.31. The average Bonchev–Trinajstić information content (AvgIpc) is 2.76. The Kier molecular flexibility index (Phi) is 3.10. The molecule has 2 aliphatic heterocycles. The maximum atomic E-state index is 12.1. The van der Waals surface area contributed by atoms with Gasteiger partial charge >= 0.3 is 12.1 Å². The van der Waals surface area contributed by atoms with Crippen LogP contribution in [-0.2, 0) is 4.74 Å². The number of anilines is 1. The van der Waals surface area contributed by atoms with Crippen LogP contribution in [0, 0.1) is 0 Å². The molecule has 1 aromatic rings. The molecule has 0 bridgehead atoms. The highest BCUT2D eigenvalue weighted by Gasteiger charge is 2.46. The minimum absolute atomic E-state index is 0.165. The number of carbonyl (C=O) groups is 2. The highest BCUT2D eigenvalue weighted by molar-refractivity contribution is 5.94. The molecule has 1 atom stereocenters. The number of hydrogen-bond acceptors (Lipinski definition) is 4. The fourth-order valence-corrected chi connectivity index (χ4v) is 2.79. The van der Waals surface area contributed by atoms with E-state index in [1.165, 1.54) is 17.0 Å². The van der Waals surface area contributed by atoms with Crippen molar-refractivity contribution in [2.24, 2.45) is 0 Å². The lowest BCUT2D eigenvalue weighted by Crippen LogP contribution is -2.48. The zero-order chi connectivity index (χ0) is 14.2. The number of amides is 1. The van der Waals surface area contributed by atoms with Gasteiger partial charge in [-0.05, 0) is 37.6 Å². The Labute approximate surface area is 116 Å². The number of rotatable bonds is 2. The van der Waals surface area contributed by atoms with E-state index in [0.717, 1.165) is 19.4 Å². The van der Waals surface area contributed by atoms with E-state index in [1.807, 2.05) is 0 Å². The molecule has 1 unspecified atom stereocenters. The van der Waals surface area contributed by atoms with Crippen molar-refractivity contribution in [1.29, 1.82) is 0 Å². The van der Waals surface area contributed by atoms with Crippen LogP contribution in [0.2, 0.25) is 0 Å². The normalized spacial score (nSPS) is 25.8. The largest absolute Gasteiger partial charge is 0.478 e. The molecule has 2 heterocycles. The molecule has 20 heavy (non-hydrogen) atoms. The third kappa shape index (κ3) is 2.22. The summed E-state index contributed by atoms with van der Waals surface area (Å²) < 4.78 is 5.53. The summed E-state index contributed by atoms with van der Waals surface area (Å²) in [5.74, 6) is -1.01. The second-order valence-corrected chi connectivity index (χ2v) is 5.27. The molecular weight excluding hydrogens is 260 g/mol. The van der Waals surface area contributed by atoms with Gasteiger partial charge in [-0.2, -0.15) is 0 Å². The number of carboxylic acids is 1. The van der Waals surface area contributed by atoms with E-state index in [-0.39, 0.29) is 5.56 Å². The van der Waals surface area contributed by atoms with E-state index >= 15 is 0 Å². The van der Waals surface area contributed by atoms with Crippen molar-refractivity contribution >= 4 is 17.7 Å². The van der Waals surface area contributed by atoms with E-state index in [1.54, 1.807) is 12.1 Å². The first-order valence-corrected chi connectivity index (χ1v) is 6.64. The minimum Gasteiger partial charge on any atom is -0.478 e. The number of hydrogen-bond donors (Lipinski definition) is 2. The van der Waals surface area contributed by atoms with Crippen LogP contribution >= 0.6 is 0 Å². The number of nitrogens with zero attached hydrogens (tertiary/aromatic N) is 1. The van der Waals surface area contributed by atoms with Crippen molar-refractivity contribution in [3.8, 4) is 0 Å². The molecule has 0 saturated carbocycles. The molecular formula is C14H16N2O4. The minimum atomic E-state index is -1.01. The summed E-state index contributed by atoms with van der Waals surface area (Å²) in [4.78, 5) is 24.6. The van der Waals surface area contributed by atoms with E-state index in [9.17, 15) is 9.59 Å². The van der Waals surface area contributed by atoms with Crippen LogP contribution in [0.5, 0.6) is 0 Å². The molecule has 0 radical (unpaired) electrons. The van der Waals surface area contributed by atoms with Crippen molar-refractivity contribution in [2.45, 2.75) is 18.4 Å². The monoisotopic (exact) mass is 276 g/mol. The number of ether oxygens (including phenoxy) is 1. The zero-order valence-electron chi connectivity index (χ0n) is 11.0. The number of carbonyl (C=O) groups excluding carboxylic acids is 1. The van der Waals surface area contributed by atoms with Gasteiger partial charge in [-0.25, -0.2) is 9.59 Å². The molecule has 6 nitrogen and oxygen atoms in total. The molecule has 2 fully saturated rings. The van der Waals surface area contributed by atoms with Crippen LogP contribution in [0.15, 0.2) is 24.3 Å². The second kappa shape index (κ2) is 4.79. The highest BCUT2D eigenvalue weighted by Crippen LogP contribution is 2.32. The van der Waals surface area contributed by atoms with Gasteiger partial charge in [-0.15, -0.1) is 0 Å². The predicted octanol–water partition coefficient (Wildman–Crippen LogP) is 1.46. The van der Waals surface area contributed by atoms with Crippen molar-refractivity contribution in [1.82, 2.24) is 5.32 Å². The molecule has 106 valence electrons.